The van der Waals surface area contributed by atoms with Gasteiger partial charge in [0.1, 0.15) is 17.3 Å². The van der Waals surface area contributed by atoms with Crippen LogP contribution in [-0.2, 0) is 0 Å². The molecule has 0 amide bonds. The molecule has 5 heteroatoms. The average Bonchev–Trinajstić information content (AvgIpc) is 2.32. The molecular formula is C12H8ClFN2O. The number of benzene rings is 1. The fraction of sp³-hybridized carbons (Fsp3) is 0.0833. The summed E-state index contributed by atoms with van der Waals surface area (Å²) in [6, 6.07) is 4.29. The zero-order valence-corrected chi connectivity index (χ0v) is 9.70. The summed E-state index contributed by atoms with van der Waals surface area (Å²) in [7, 11) is 0. The Bertz CT molecular complexity index is 587. The van der Waals surface area contributed by atoms with Crippen LogP contribution < -0.4 is 0 Å². The van der Waals surface area contributed by atoms with E-state index in [9.17, 15) is 9.18 Å². The summed E-state index contributed by atoms with van der Waals surface area (Å²) >= 11 is 5.80. The van der Waals surface area contributed by atoms with Crippen molar-refractivity contribution in [2.24, 2.45) is 0 Å². The molecule has 0 bridgehead atoms. The van der Waals surface area contributed by atoms with Crippen LogP contribution in [0.15, 0.2) is 24.5 Å². The van der Waals surface area contributed by atoms with Crippen LogP contribution >= 0.6 is 11.6 Å². The maximum Gasteiger partial charge on any atom is 0.155 e. The second-order valence-electron chi connectivity index (χ2n) is 3.50. The molecule has 17 heavy (non-hydrogen) atoms. The minimum absolute atomic E-state index is 0.0636. The van der Waals surface area contributed by atoms with Crippen molar-refractivity contribution in [3.63, 3.8) is 0 Å². The normalized spacial score (nSPS) is 10.3. The maximum absolute atomic E-state index is 13.2. The summed E-state index contributed by atoms with van der Waals surface area (Å²) in [4.78, 5) is 18.7. The van der Waals surface area contributed by atoms with Crippen molar-refractivity contribution in [1.29, 1.82) is 0 Å². The quantitative estimate of drug-likeness (QED) is 0.608. The van der Waals surface area contributed by atoms with Gasteiger partial charge in [0, 0.05) is 5.56 Å². The van der Waals surface area contributed by atoms with Crippen molar-refractivity contribution < 1.29 is 9.18 Å². The van der Waals surface area contributed by atoms with Crippen molar-refractivity contribution in [3.05, 3.63) is 46.6 Å². The van der Waals surface area contributed by atoms with Gasteiger partial charge in [0.25, 0.3) is 0 Å². The van der Waals surface area contributed by atoms with E-state index in [1.807, 2.05) is 0 Å². The highest BCUT2D eigenvalue weighted by atomic mass is 35.5. The van der Waals surface area contributed by atoms with E-state index in [4.69, 9.17) is 11.6 Å². The third-order valence-electron chi connectivity index (χ3n) is 2.41. The van der Waals surface area contributed by atoms with Gasteiger partial charge in [0.15, 0.2) is 6.29 Å². The van der Waals surface area contributed by atoms with Gasteiger partial charge in [0.2, 0.25) is 0 Å². The molecule has 0 saturated carbocycles. The first-order chi connectivity index (χ1) is 8.13. The highest BCUT2D eigenvalue weighted by Gasteiger charge is 2.13. The molecule has 1 aromatic heterocycles. The largest absolute Gasteiger partial charge is 0.298 e. The number of aldehydes is 1. The third kappa shape index (κ3) is 2.17. The number of carbonyl (C=O) groups excluding carboxylic acids is 1. The average molecular weight is 251 g/mol. The van der Waals surface area contributed by atoms with Crippen LogP contribution in [0.2, 0.25) is 5.15 Å². The van der Waals surface area contributed by atoms with Gasteiger partial charge in [-0.05, 0) is 24.6 Å². The van der Waals surface area contributed by atoms with Crippen LogP contribution in [0.4, 0.5) is 4.39 Å². The van der Waals surface area contributed by atoms with Gasteiger partial charge in [-0.2, -0.15) is 0 Å². The lowest BCUT2D eigenvalue weighted by atomic mass is 10.0. The predicted molar refractivity (Wildman–Crippen MR) is 62.6 cm³/mol. The number of aromatic nitrogens is 2. The van der Waals surface area contributed by atoms with E-state index in [-0.39, 0.29) is 10.7 Å². The number of rotatable bonds is 2. The Labute approximate surface area is 102 Å². The summed E-state index contributed by atoms with van der Waals surface area (Å²) in [5.41, 5.74) is 1.86. The van der Waals surface area contributed by atoms with Crippen LogP contribution in [0.1, 0.15) is 15.9 Å². The van der Waals surface area contributed by atoms with Gasteiger partial charge < -0.3 is 0 Å². The molecule has 0 fully saturated rings. The first kappa shape index (κ1) is 11.7. The van der Waals surface area contributed by atoms with Gasteiger partial charge in [-0.3, -0.25) is 4.79 Å². The van der Waals surface area contributed by atoms with Crippen molar-refractivity contribution in [2.45, 2.75) is 6.92 Å². The number of hydrogen-bond acceptors (Lipinski definition) is 3. The van der Waals surface area contributed by atoms with E-state index in [2.05, 4.69) is 9.97 Å². The lowest BCUT2D eigenvalue weighted by Crippen LogP contribution is -1.97. The third-order valence-corrected chi connectivity index (χ3v) is 2.71. The van der Waals surface area contributed by atoms with Crippen LogP contribution in [-0.4, -0.2) is 16.3 Å². The van der Waals surface area contributed by atoms with Gasteiger partial charge in [-0.1, -0.05) is 17.7 Å². The fourth-order valence-electron chi connectivity index (χ4n) is 1.54. The standard InChI is InChI=1S/C12H8ClFN2O/c1-7-2-3-8(14)4-9(7)11-10(5-17)12(13)16-6-15-11/h2-6H,1H3. The van der Waals surface area contributed by atoms with E-state index >= 15 is 0 Å². The molecule has 0 radical (unpaired) electrons. The topological polar surface area (TPSA) is 42.9 Å². The van der Waals surface area contributed by atoms with Crippen molar-refractivity contribution in [2.75, 3.05) is 0 Å². The summed E-state index contributed by atoms with van der Waals surface area (Å²) in [6.45, 7) is 1.80. The van der Waals surface area contributed by atoms with E-state index in [0.717, 1.165) is 5.56 Å². The van der Waals surface area contributed by atoms with Crippen LogP contribution in [0, 0.1) is 12.7 Å². The van der Waals surface area contributed by atoms with Crippen LogP contribution in [0.5, 0.6) is 0 Å². The van der Waals surface area contributed by atoms with E-state index < -0.39 is 5.82 Å². The Morgan fingerprint density at radius 3 is 2.82 bits per heavy atom. The first-order valence-electron chi connectivity index (χ1n) is 4.85. The molecule has 1 aromatic carbocycles. The minimum Gasteiger partial charge on any atom is -0.298 e. The maximum atomic E-state index is 13.2. The summed E-state index contributed by atoms with van der Waals surface area (Å²) in [6.07, 6.45) is 1.82. The molecule has 3 nitrogen and oxygen atoms in total. The number of aryl methyl sites for hydroxylation is 1. The van der Waals surface area contributed by atoms with Crippen molar-refractivity contribution in [1.82, 2.24) is 9.97 Å². The Balaban J connectivity index is 2.72. The molecule has 86 valence electrons. The number of carbonyl (C=O) groups is 1. The SMILES string of the molecule is Cc1ccc(F)cc1-c1ncnc(Cl)c1C=O. The van der Waals surface area contributed by atoms with Crippen LogP contribution in [0.25, 0.3) is 11.3 Å². The Morgan fingerprint density at radius 1 is 1.35 bits per heavy atom. The fourth-order valence-corrected chi connectivity index (χ4v) is 1.72. The van der Waals surface area contributed by atoms with Crippen LogP contribution in [0.3, 0.4) is 0 Å². The number of nitrogens with zero attached hydrogens (tertiary/aromatic N) is 2. The van der Waals surface area contributed by atoms with E-state index in [1.54, 1.807) is 13.0 Å². The number of halogens is 2. The predicted octanol–water partition coefficient (Wildman–Crippen LogP) is 3.06. The van der Waals surface area contributed by atoms with Gasteiger partial charge >= 0.3 is 0 Å². The highest BCUT2D eigenvalue weighted by Crippen LogP contribution is 2.27. The molecule has 0 spiro atoms. The molecule has 0 aliphatic heterocycles. The number of hydrogen-bond donors (Lipinski definition) is 0. The molecule has 2 rings (SSSR count). The van der Waals surface area contributed by atoms with Crippen molar-refractivity contribution in [3.8, 4) is 11.3 Å². The Morgan fingerprint density at radius 2 is 2.12 bits per heavy atom. The molecule has 0 N–H and O–H groups in total. The minimum atomic E-state index is -0.391. The zero-order chi connectivity index (χ0) is 12.4. The monoisotopic (exact) mass is 250 g/mol. The van der Waals surface area contributed by atoms with Gasteiger partial charge in [0.05, 0.1) is 11.3 Å². The first-order valence-corrected chi connectivity index (χ1v) is 5.23. The molecule has 0 unspecified atom stereocenters. The van der Waals surface area contributed by atoms with Gasteiger partial charge in [-0.15, -0.1) is 0 Å². The smallest absolute Gasteiger partial charge is 0.155 e. The molecule has 0 aliphatic rings. The summed E-state index contributed by atoms with van der Waals surface area (Å²) < 4.78 is 13.2. The second-order valence-corrected chi connectivity index (χ2v) is 3.86. The lowest BCUT2D eigenvalue weighted by molar-refractivity contribution is 0.112. The summed E-state index contributed by atoms with van der Waals surface area (Å²) in [5.74, 6) is -0.391. The zero-order valence-electron chi connectivity index (χ0n) is 8.95. The molecule has 1 heterocycles. The van der Waals surface area contributed by atoms with Gasteiger partial charge in [-0.25, -0.2) is 14.4 Å². The Kier molecular flexibility index (Phi) is 3.15. The van der Waals surface area contributed by atoms with E-state index in [0.29, 0.717) is 17.5 Å². The molecule has 2 aromatic rings. The lowest BCUT2D eigenvalue weighted by Gasteiger charge is -2.07. The second kappa shape index (κ2) is 4.59. The summed E-state index contributed by atoms with van der Waals surface area (Å²) in [5, 5.41) is 0.0636. The molecule has 0 aliphatic carbocycles. The molecule has 0 atom stereocenters. The van der Waals surface area contributed by atoms with E-state index in [1.165, 1.54) is 18.5 Å². The Hall–Kier alpha value is -1.81. The molecule has 0 saturated heterocycles. The van der Waals surface area contributed by atoms with Crippen molar-refractivity contribution >= 4 is 17.9 Å². The molecular weight excluding hydrogens is 243 g/mol. The highest BCUT2D eigenvalue weighted by molar-refractivity contribution is 6.32.